The first-order valence-corrected chi connectivity index (χ1v) is 9.12. The third kappa shape index (κ3) is 4.14. The molecule has 3 rings (SSSR count). The molecule has 21 heavy (non-hydrogen) atoms. The molecule has 3 heteroatoms. The summed E-state index contributed by atoms with van der Waals surface area (Å²) in [6.45, 7) is 0. The monoisotopic (exact) mass is 359 g/mol. The number of aryl methyl sites for hydroxylation is 1. The van der Waals surface area contributed by atoms with Crippen molar-refractivity contribution in [3.8, 4) is 0 Å². The molecule has 0 fully saturated rings. The molecule has 1 unspecified atom stereocenters. The first-order valence-electron chi connectivity index (χ1n) is 7.32. The first-order chi connectivity index (χ1) is 10.3. The number of thiophene rings is 1. The number of nitrogens with zero attached hydrogens (tertiary/aromatic N) is 1. The van der Waals surface area contributed by atoms with E-state index in [0.717, 1.165) is 11.9 Å². The minimum absolute atomic E-state index is 0.506. The summed E-state index contributed by atoms with van der Waals surface area (Å²) >= 11 is 5.66. The van der Waals surface area contributed by atoms with Gasteiger partial charge in [0.15, 0.2) is 0 Å². The number of halogens is 1. The van der Waals surface area contributed by atoms with Crippen LogP contribution in [0, 0.1) is 0 Å². The van der Waals surface area contributed by atoms with Gasteiger partial charge in [0.2, 0.25) is 0 Å². The van der Waals surface area contributed by atoms with Gasteiger partial charge in [0, 0.05) is 27.2 Å². The molecule has 0 amide bonds. The molecule has 1 nitrogen and oxygen atoms in total. The number of pyridine rings is 1. The van der Waals surface area contributed by atoms with Gasteiger partial charge < -0.3 is 0 Å². The van der Waals surface area contributed by atoms with Gasteiger partial charge in [-0.25, -0.2) is 0 Å². The largest absolute Gasteiger partial charge is 0.253 e. The number of hydrogen-bond acceptors (Lipinski definition) is 2. The molecule has 0 saturated carbocycles. The molecule has 0 aliphatic rings. The lowest BCUT2D eigenvalue weighted by atomic mass is 10.1. The van der Waals surface area contributed by atoms with E-state index < -0.39 is 0 Å². The Kier molecular flexibility index (Phi) is 5.04. The van der Waals surface area contributed by atoms with Crippen LogP contribution in [0.25, 0.3) is 10.9 Å². The van der Waals surface area contributed by atoms with Gasteiger partial charge >= 0.3 is 0 Å². The van der Waals surface area contributed by atoms with Crippen molar-refractivity contribution in [2.24, 2.45) is 0 Å². The predicted molar refractivity (Wildman–Crippen MR) is 95.4 cm³/mol. The standard InChI is InChI=1S/C18H18BrNS/c19-15(6-3-7-17-8-4-12-21-17)13-16-11-10-14-5-1-2-9-18(14)20-16/h1-2,4-5,8-12,15H,3,6-7,13H2. The van der Waals surface area contributed by atoms with E-state index in [9.17, 15) is 0 Å². The maximum atomic E-state index is 4.75. The molecule has 3 aromatic rings. The fourth-order valence-corrected chi connectivity index (χ4v) is 3.91. The van der Waals surface area contributed by atoms with E-state index in [0.29, 0.717) is 4.83 Å². The van der Waals surface area contributed by atoms with E-state index in [4.69, 9.17) is 4.98 Å². The van der Waals surface area contributed by atoms with Crippen LogP contribution < -0.4 is 0 Å². The second-order valence-corrected chi connectivity index (χ2v) is 7.60. The van der Waals surface area contributed by atoms with Crippen LogP contribution in [0.4, 0.5) is 0 Å². The molecule has 0 aliphatic carbocycles. The Morgan fingerprint density at radius 3 is 2.81 bits per heavy atom. The van der Waals surface area contributed by atoms with E-state index >= 15 is 0 Å². The van der Waals surface area contributed by atoms with E-state index in [-0.39, 0.29) is 0 Å². The summed E-state index contributed by atoms with van der Waals surface area (Å²) in [5, 5.41) is 3.37. The summed E-state index contributed by atoms with van der Waals surface area (Å²) in [5.41, 5.74) is 2.26. The maximum Gasteiger partial charge on any atom is 0.0705 e. The van der Waals surface area contributed by atoms with Crippen LogP contribution in [-0.2, 0) is 12.8 Å². The smallest absolute Gasteiger partial charge is 0.0705 e. The third-order valence-corrected chi connectivity index (χ3v) is 5.33. The topological polar surface area (TPSA) is 12.9 Å². The highest BCUT2D eigenvalue weighted by atomic mass is 79.9. The number of rotatable bonds is 6. The number of hydrogen-bond donors (Lipinski definition) is 0. The molecule has 0 radical (unpaired) electrons. The van der Waals surface area contributed by atoms with Gasteiger partial charge in [-0.05, 0) is 42.8 Å². The molecule has 0 N–H and O–H groups in total. The number of aromatic nitrogens is 1. The Bertz CT molecular complexity index is 693. The van der Waals surface area contributed by atoms with E-state index in [1.807, 2.05) is 17.4 Å². The zero-order valence-electron chi connectivity index (χ0n) is 11.8. The van der Waals surface area contributed by atoms with E-state index in [1.54, 1.807) is 0 Å². The fourth-order valence-electron chi connectivity index (χ4n) is 2.50. The van der Waals surface area contributed by atoms with Crippen molar-refractivity contribution in [3.63, 3.8) is 0 Å². The lowest BCUT2D eigenvalue weighted by molar-refractivity contribution is 0.699. The highest BCUT2D eigenvalue weighted by molar-refractivity contribution is 9.09. The molecule has 1 aromatic carbocycles. The van der Waals surface area contributed by atoms with E-state index in [1.165, 1.54) is 35.2 Å². The SMILES string of the molecule is BrC(CCCc1cccs1)Cc1ccc2ccccc2n1. The Labute approximate surface area is 138 Å². The van der Waals surface area contributed by atoms with E-state index in [2.05, 4.69) is 63.8 Å². The average molecular weight is 360 g/mol. The van der Waals surface area contributed by atoms with Crippen LogP contribution in [-0.4, -0.2) is 9.81 Å². The van der Waals surface area contributed by atoms with Crippen LogP contribution >= 0.6 is 27.3 Å². The van der Waals surface area contributed by atoms with Gasteiger partial charge in [0.1, 0.15) is 0 Å². The van der Waals surface area contributed by atoms with Gasteiger partial charge in [-0.15, -0.1) is 11.3 Å². The van der Waals surface area contributed by atoms with Crippen LogP contribution in [0.3, 0.4) is 0 Å². The van der Waals surface area contributed by atoms with Crippen molar-refractivity contribution in [3.05, 3.63) is 64.5 Å². The van der Waals surface area contributed by atoms with Gasteiger partial charge in [0.25, 0.3) is 0 Å². The van der Waals surface area contributed by atoms with Gasteiger partial charge in [0.05, 0.1) is 5.52 Å². The highest BCUT2D eigenvalue weighted by Gasteiger charge is 2.07. The summed E-state index contributed by atoms with van der Waals surface area (Å²) in [7, 11) is 0. The predicted octanol–water partition coefficient (Wildman–Crippen LogP) is 5.63. The number of fused-ring (bicyclic) bond motifs is 1. The van der Waals surface area contributed by atoms with Crippen molar-refractivity contribution in [1.29, 1.82) is 0 Å². The molecule has 2 aromatic heterocycles. The zero-order chi connectivity index (χ0) is 14.5. The Morgan fingerprint density at radius 2 is 1.95 bits per heavy atom. The lowest BCUT2D eigenvalue weighted by Crippen LogP contribution is -2.05. The van der Waals surface area contributed by atoms with Crippen LogP contribution in [0.15, 0.2) is 53.9 Å². The summed E-state index contributed by atoms with van der Waals surface area (Å²) in [4.78, 5) is 6.74. The molecule has 0 bridgehead atoms. The lowest BCUT2D eigenvalue weighted by Gasteiger charge is -2.09. The molecule has 0 spiro atoms. The van der Waals surface area contributed by atoms with Gasteiger partial charge in [-0.2, -0.15) is 0 Å². The summed E-state index contributed by atoms with van der Waals surface area (Å²) in [6.07, 6.45) is 4.59. The Balaban J connectivity index is 1.54. The second kappa shape index (κ2) is 7.19. The summed E-state index contributed by atoms with van der Waals surface area (Å²) in [5.74, 6) is 0. The molecule has 0 aliphatic heterocycles. The number of benzene rings is 1. The van der Waals surface area contributed by atoms with Gasteiger partial charge in [-0.3, -0.25) is 4.98 Å². The number of para-hydroxylation sites is 1. The summed E-state index contributed by atoms with van der Waals surface area (Å²) in [6, 6.07) is 17.0. The molecule has 1 atom stereocenters. The Hall–Kier alpha value is -1.19. The van der Waals surface area contributed by atoms with Crippen LogP contribution in [0.5, 0.6) is 0 Å². The number of alkyl halides is 1. The molecule has 2 heterocycles. The third-order valence-electron chi connectivity index (χ3n) is 3.61. The fraction of sp³-hybridized carbons (Fsp3) is 0.278. The molecular formula is C18H18BrNS. The molecule has 108 valence electrons. The first kappa shape index (κ1) is 14.7. The van der Waals surface area contributed by atoms with Crippen molar-refractivity contribution in [2.75, 3.05) is 0 Å². The van der Waals surface area contributed by atoms with Crippen molar-refractivity contribution >= 4 is 38.2 Å². The second-order valence-electron chi connectivity index (χ2n) is 5.27. The van der Waals surface area contributed by atoms with Crippen LogP contribution in [0.1, 0.15) is 23.4 Å². The zero-order valence-corrected chi connectivity index (χ0v) is 14.2. The quantitative estimate of drug-likeness (QED) is 0.520. The minimum atomic E-state index is 0.506. The van der Waals surface area contributed by atoms with Crippen molar-refractivity contribution in [1.82, 2.24) is 4.98 Å². The molecular weight excluding hydrogens is 342 g/mol. The normalized spacial score (nSPS) is 12.6. The summed E-state index contributed by atoms with van der Waals surface area (Å²) < 4.78 is 0. The molecule has 0 saturated heterocycles. The van der Waals surface area contributed by atoms with Crippen molar-refractivity contribution < 1.29 is 0 Å². The minimum Gasteiger partial charge on any atom is -0.253 e. The van der Waals surface area contributed by atoms with Gasteiger partial charge in [-0.1, -0.05) is 46.3 Å². The Morgan fingerprint density at radius 1 is 1.05 bits per heavy atom. The van der Waals surface area contributed by atoms with Crippen molar-refractivity contribution in [2.45, 2.75) is 30.5 Å². The highest BCUT2D eigenvalue weighted by Crippen LogP contribution is 2.19. The van der Waals surface area contributed by atoms with Crippen LogP contribution in [0.2, 0.25) is 0 Å². The maximum absolute atomic E-state index is 4.75. The average Bonchev–Trinajstić information content (AvgIpc) is 3.00.